The molecule has 2 N–H and O–H groups in total. The number of rotatable bonds is 4. The lowest BCUT2D eigenvalue weighted by Gasteiger charge is -2.26. The summed E-state index contributed by atoms with van der Waals surface area (Å²) in [6.07, 6.45) is 6.55. The number of hydrogen-bond donors (Lipinski definition) is 2. The SMILES string of the molecule is CN=C(NCC(C)(C)SC)NC1CC2CCC1O2. The normalized spacial score (nSPS) is 31.8. The first kappa shape index (κ1) is 14.0. The van der Waals surface area contributed by atoms with E-state index in [9.17, 15) is 0 Å². The predicted molar refractivity (Wildman–Crippen MR) is 78.4 cm³/mol. The van der Waals surface area contributed by atoms with Crippen molar-refractivity contribution in [2.24, 2.45) is 4.99 Å². The summed E-state index contributed by atoms with van der Waals surface area (Å²) in [7, 11) is 1.83. The summed E-state index contributed by atoms with van der Waals surface area (Å²) in [5.41, 5.74) is 0. The molecule has 3 atom stereocenters. The molecule has 3 unspecified atom stereocenters. The van der Waals surface area contributed by atoms with Gasteiger partial charge in [0.1, 0.15) is 0 Å². The van der Waals surface area contributed by atoms with Gasteiger partial charge in [-0.1, -0.05) is 0 Å². The van der Waals surface area contributed by atoms with E-state index in [1.54, 1.807) is 0 Å². The van der Waals surface area contributed by atoms with Gasteiger partial charge in [-0.25, -0.2) is 0 Å². The van der Waals surface area contributed by atoms with Gasteiger partial charge in [0.15, 0.2) is 5.96 Å². The lowest BCUT2D eigenvalue weighted by molar-refractivity contribution is 0.0992. The molecule has 2 saturated heterocycles. The quantitative estimate of drug-likeness (QED) is 0.602. The first-order chi connectivity index (χ1) is 8.54. The molecule has 5 heteroatoms. The molecule has 2 rings (SSSR count). The van der Waals surface area contributed by atoms with Crippen LogP contribution in [0.4, 0.5) is 0 Å². The molecule has 0 aliphatic carbocycles. The minimum absolute atomic E-state index is 0.225. The van der Waals surface area contributed by atoms with Crippen LogP contribution in [0.3, 0.4) is 0 Å². The molecule has 2 bridgehead atoms. The fourth-order valence-electron chi connectivity index (χ4n) is 2.53. The maximum atomic E-state index is 5.85. The van der Waals surface area contributed by atoms with Crippen LogP contribution in [0.25, 0.3) is 0 Å². The summed E-state index contributed by atoms with van der Waals surface area (Å²) in [4.78, 5) is 4.30. The van der Waals surface area contributed by atoms with Crippen LogP contribution in [0.1, 0.15) is 33.1 Å². The Morgan fingerprint density at radius 2 is 2.22 bits per heavy atom. The third-order valence-electron chi connectivity index (χ3n) is 3.89. The van der Waals surface area contributed by atoms with Crippen LogP contribution < -0.4 is 10.6 Å². The van der Waals surface area contributed by atoms with Gasteiger partial charge >= 0.3 is 0 Å². The smallest absolute Gasteiger partial charge is 0.191 e. The molecule has 0 aromatic rings. The summed E-state index contributed by atoms with van der Waals surface area (Å²) < 4.78 is 6.07. The molecule has 18 heavy (non-hydrogen) atoms. The minimum Gasteiger partial charge on any atom is -0.373 e. The summed E-state index contributed by atoms with van der Waals surface area (Å²) in [5, 5.41) is 6.91. The van der Waals surface area contributed by atoms with Gasteiger partial charge in [0.25, 0.3) is 0 Å². The topological polar surface area (TPSA) is 45.7 Å². The van der Waals surface area contributed by atoms with E-state index in [0.29, 0.717) is 18.2 Å². The molecule has 0 spiro atoms. The van der Waals surface area contributed by atoms with Crippen LogP contribution in [0.15, 0.2) is 4.99 Å². The number of aliphatic imine (C=N–C) groups is 1. The average molecular weight is 271 g/mol. The maximum absolute atomic E-state index is 5.85. The van der Waals surface area contributed by atoms with Crippen molar-refractivity contribution in [3.05, 3.63) is 0 Å². The molecule has 2 aliphatic rings. The monoisotopic (exact) mass is 271 g/mol. The predicted octanol–water partition coefficient (Wildman–Crippen LogP) is 1.61. The summed E-state index contributed by atoms with van der Waals surface area (Å²) >= 11 is 1.86. The number of ether oxygens (including phenoxy) is 1. The molecular formula is C13H25N3OS. The van der Waals surface area contributed by atoms with E-state index in [1.165, 1.54) is 12.8 Å². The Morgan fingerprint density at radius 3 is 2.72 bits per heavy atom. The van der Waals surface area contributed by atoms with Crippen molar-refractivity contribution in [1.82, 2.24) is 10.6 Å². The zero-order valence-electron chi connectivity index (χ0n) is 11.8. The molecule has 4 nitrogen and oxygen atoms in total. The van der Waals surface area contributed by atoms with E-state index in [1.807, 2.05) is 18.8 Å². The van der Waals surface area contributed by atoms with Crippen LogP contribution in [-0.2, 0) is 4.74 Å². The summed E-state index contributed by atoms with van der Waals surface area (Å²) in [6.45, 7) is 5.38. The van der Waals surface area contributed by atoms with Crippen molar-refractivity contribution in [2.75, 3.05) is 19.8 Å². The summed E-state index contributed by atoms with van der Waals surface area (Å²) in [5.74, 6) is 0.901. The van der Waals surface area contributed by atoms with Crippen LogP contribution in [0.5, 0.6) is 0 Å². The van der Waals surface area contributed by atoms with Crippen LogP contribution in [0.2, 0.25) is 0 Å². The molecule has 0 radical (unpaired) electrons. The molecular weight excluding hydrogens is 246 g/mol. The van der Waals surface area contributed by atoms with E-state index in [-0.39, 0.29) is 4.75 Å². The lowest BCUT2D eigenvalue weighted by Crippen LogP contribution is -2.49. The van der Waals surface area contributed by atoms with Gasteiger partial charge in [-0.05, 0) is 39.4 Å². The Kier molecular flexibility index (Phi) is 4.43. The van der Waals surface area contributed by atoms with E-state index >= 15 is 0 Å². The highest BCUT2D eigenvalue weighted by Gasteiger charge is 2.41. The molecule has 2 aliphatic heterocycles. The van der Waals surface area contributed by atoms with Gasteiger partial charge in [0, 0.05) is 18.3 Å². The van der Waals surface area contributed by atoms with Crippen molar-refractivity contribution in [3.8, 4) is 0 Å². The van der Waals surface area contributed by atoms with Gasteiger partial charge in [0.05, 0.1) is 18.2 Å². The average Bonchev–Trinajstić information content (AvgIpc) is 2.96. The van der Waals surface area contributed by atoms with Crippen molar-refractivity contribution in [2.45, 2.75) is 56.1 Å². The van der Waals surface area contributed by atoms with Crippen molar-refractivity contribution in [1.29, 1.82) is 0 Å². The van der Waals surface area contributed by atoms with E-state index in [4.69, 9.17) is 4.74 Å². The van der Waals surface area contributed by atoms with Gasteiger partial charge in [0.2, 0.25) is 0 Å². The van der Waals surface area contributed by atoms with Gasteiger partial charge in [-0.3, -0.25) is 4.99 Å². The highest BCUT2D eigenvalue weighted by Crippen LogP contribution is 2.34. The Hall–Kier alpha value is -0.420. The fourth-order valence-corrected chi connectivity index (χ4v) is 2.75. The van der Waals surface area contributed by atoms with E-state index < -0.39 is 0 Å². The largest absolute Gasteiger partial charge is 0.373 e. The van der Waals surface area contributed by atoms with Crippen molar-refractivity contribution in [3.63, 3.8) is 0 Å². The minimum atomic E-state index is 0.225. The van der Waals surface area contributed by atoms with Crippen molar-refractivity contribution >= 4 is 17.7 Å². The highest BCUT2D eigenvalue weighted by atomic mass is 32.2. The van der Waals surface area contributed by atoms with Crippen LogP contribution in [-0.4, -0.2) is 48.8 Å². The summed E-state index contributed by atoms with van der Waals surface area (Å²) in [6, 6.07) is 0.437. The highest BCUT2D eigenvalue weighted by molar-refractivity contribution is 7.99. The zero-order valence-corrected chi connectivity index (χ0v) is 12.6. The zero-order chi connectivity index (χ0) is 13.2. The first-order valence-electron chi connectivity index (χ1n) is 6.72. The van der Waals surface area contributed by atoms with Gasteiger partial charge in [-0.2, -0.15) is 11.8 Å². The number of thioether (sulfide) groups is 1. The van der Waals surface area contributed by atoms with Crippen molar-refractivity contribution < 1.29 is 4.74 Å². The number of nitrogens with zero attached hydrogens (tertiary/aromatic N) is 1. The Bertz CT molecular complexity index is 319. The third kappa shape index (κ3) is 3.32. The number of guanidine groups is 1. The van der Waals surface area contributed by atoms with Gasteiger partial charge in [-0.15, -0.1) is 0 Å². The molecule has 2 fully saturated rings. The molecule has 0 saturated carbocycles. The number of nitrogens with one attached hydrogen (secondary N) is 2. The third-order valence-corrected chi connectivity index (χ3v) is 5.14. The maximum Gasteiger partial charge on any atom is 0.191 e. The molecule has 0 aromatic carbocycles. The molecule has 2 heterocycles. The first-order valence-corrected chi connectivity index (χ1v) is 7.94. The van der Waals surface area contributed by atoms with E-state index in [0.717, 1.165) is 18.9 Å². The fraction of sp³-hybridized carbons (Fsp3) is 0.923. The second-order valence-corrected chi connectivity index (χ2v) is 7.26. The number of fused-ring (bicyclic) bond motifs is 2. The molecule has 0 amide bonds. The standard InChI is InChI=1S/C13H25N3OS/c1-13(2,18-4)8-15-12(14-3)16-10-7-9-5-6-11(10)17-9/h9-11H,5-8H2,1-4H3,(H2,14,15,16). The lowest BCUT2D eigenvalue weighted by atomic mass is 9.96. The Morgan fingerprint density at radius 1 is 1.44 bits per heavy atom. The number of hydrogen-bond acceptors (Lipinski definition) is 3. The van der Waals surface area contributed by atoms with E-state index in [2.05, 4.69) is 35.7 Å². The Balaban J connectivity index is 1.80. The molecule has 104 valence electrons. The van der Waals surface area contributed by atoms with Crippen LogP contribution in [0, 0.1) is 0 Å². The molecule has 0 aromatic heterocycles. The Labute approximate surface area is 114 Å². The second-order valence-electron chi connectivity index (χ2n) is 5.75. The van der Waals surface area contributed by atoms with Gasteiger partial charge < -0.3 is 15.4 Å². The van der Waals surface area contributed by atoms with Crippen LogP contribution >= 0.6 is 11.8 Å². The second kappa shape index (κ2) is 5.70.